The first-order chi connectivity index (χ1) is 29.4. The predicted molar refractivity (Wildman–Crippen MR) is 243 cm³/mol. The third kappa shape index (κ3) is 11.5. The minimum absolute atomic E-state index is 0.111. The monoisotopic (exact) mass is 850 g/mol. The molecule has 0 aliphatic carbocycles. The molecule has 0 spiro atoms. The summed E-state index contributed by atoms with van der Waals surface area (Å²) in [6.45, 7) is 1.37. The number of halogens is 1. The predicted octanol–water partition coefficient (Wildman–Crippen LogP) is 9.01. The van der Waals surface area contributed by atoms with E-state index in [-0.39, 0.29) is 29.1 Å². The van der Waals surface area contributed by atoms with E-state index in [1.54, 1.807) is 42.6 Å². The molecule has 0 saturated heterocycles. The van der Waals surface area contributed by atoms with Crippen LogP contribution in [-0.4, -0.2) is 60.0 Å². The number of fused-ring (bicyclic) bond motifs is 2. The van der Waals surface area contributed by atoms with Crippen LogP contribution < -0.4 is 10.9 Å². The summed E-state index contributed by atoms with van der Waals surface area (Å²) in [6, 6.07) is 50.4. The van der Waals surface area contributed by atoms with Crippen LogP contribution in [-0.2, 0) is 22.7 Å². The first kappa shape index (κ1) is 41.5. The molecule has 8 aromatic rings. The second-order valence-electron chi connectivity index (χ2n) is 13.2. The van der Waals surface area contributed by atoms with Gasteiger partial charge in [-0.05, 0) is 65.2 Å². The molecule has 0 unspecified atom stereocenters. The van der Waals surface area contributed by atoms with Crippen molar-refractivity contribution in [3.63, 3.8) is 0 Å². The molecule has 0 atom stereocenters. The van der Waals surface area contributed by atoms with Crippen LogP contribution in [0.15, 0.2) is 178 Å². The molecule has 300 valence electrons. The highest BCUT2D eigenvalue weighted by Crippen LogP contribution is 2.27. The van der Waals surface area contributed by atoms with E-state index >= 15 is 0 Å². The van der Waals surface area contributed by atoms with Crippen LogP contribution in [0.4, 0.5) is 0 Å². The standard InChI is InChI=1S/C23H19ClN4OS.C23H20N4O2S/c24-19-10-6-9-18(13-19)14-25-27-22(29)16-30-23-26-20-11-4-5-12-21(20)28(23)15-17-7-2-1-3-8-17;28-21-13-7-4-10-18(21)14-24-26-22(29)16-30-23-25-19-11-5-6-12-20(19)27(23)15-17-8-2-1-3-9-17/h1-14H,15-16H2,(H,27,29);1-14,28H,15-16H2,(H,26,29)/b25-14+;24-14+. The van der Waals surface area contributed by atoms with Crippen LogP contribution in [0.3, 0.4) is 0 Å². The van der Waals surface area contributed by atoms with Crippen molar-refractivity contribution in [1.82, 2.24) is 30.0 Å². The Morgan fingerprint density at radius 3 is 1.62 bits per heavy atom. The number of phenols is 1. The van der Waals surface area contributed by atoms with Gasteiger partial charge in [-0.2, -0.15) is 10.2 Å². The Morgan fingerprint density at radius 1 is 0.600 bits per heavy atom. The summed E-state index contributed by atoms with van der Waals surface area (Å²) in [6.07, 6.45) is 2.99. The Balaban J connectivity index is 0.000000181. The van der Waals surface area contributed by atoms with Crippen molar-refractivity contribution in [3.05, 3.63) is 185 Å². The number of benzene rings is 6. The van der Waals surface area contributed by atoms with E-state index in [1.807, 2.05) is 97.1 Å². The van der Waals surface area contributed by atoms with Crippen LogP contribution in [0, 0.1) is 0 Å². The van der Waals surface area contributed by atoms with Crippen molar-refractivity contribution in [2.24, 2.45) is 10.2 Å². The maximum Gasteiger partial charge on any atom is 0.250 e. The minimum atomic E-state index is -0.245. The first-order valence-electron chi connectivity index (χ1n) is 18.8. The van der Waals surface area contributed by atoms with Gasteiger partial charge in [0.2, 0.25) is 0 Å². The quantitative estimate of drug-likeness (QED) is 0.0564. The molecule has 14 heteroatoms. The number of carbonyl (C=O) groups is 2. The lowest BCUT2D eigenvalue weighted by molar-refractivity contribution is -0.119. The van der Waals surface area contributed by atoms with Gasteiger partial charge in [-0.1, -0.05) is 144 Å². The number of phenolic OH excluding ortho intramolecular Hbond substituents is 1. The summed E-state index contributed by atoms with van der Waals surface area (Å²) in [7, 11) is 0. The van der Waals surface area contributed by atoms with Gasteiger partial charge in [0.15, 0.2) is 10.3 Å². The number of carbonyl (C=O) groups excluding carboxylic acids is 2. The topological polar surface area (TPSA) is 139 Å². The highest BCUT2D eigenvalue weighted by molar-refractivity contribution is 8.00. The lowest BCUT2D eigenvalue weighted by Crippen LogP contribution is -2.20. The smallest absolute Gasteiger partial charge is 0.250 e. The zero-order chi connectivity index (χ0) is 41.5. The number of rotatable bonds is 14. The number of amides is 2. The van der Waals surface area contributed by atoms with Crippen molar-refractivity contribution in [2.45, 2.75) is 23.4 Å². The third-order valence-electron chi connectivity index (χ3n) is 8.85. The van der Waals surface area contributed by atoms with Crippen molar-refractivity contribution >= 4 is 81.4 Å². The summed E-state index contributed by atoms with van der Waals surface area (Å²) in [4.78, 5) is 33.9. The van der Waals surface area contributed by atoms with Gasteiger partial charge in [0.05, 0.1) is 59.1 Å². The van der Waals surface area contributed by atoms with Crippen LogP contribution in [0.25, 0.3) is 22.1 Å². The molecular formula is C46H39ClN8O3S2. The molecule has 8 rings (SSSR count). The Bertz CT molecular complexity index is 2760. The lowest BCUT2D eigenvalue weighted by atomic mass is 10.2. The number of para-hydroxylation sites is 5. The zero-order valence-electron chi connectivity index (χ0n) is 32.1. The number of aromatic nitrogens is 4. The second-order valence-corrected chi connectivity index (χ2v) is 15.5. The Kier molecular flexibility index (Phi) is 14.4. The lowest BCUT2D eigenvalue weighted by Gasteiger charge is -2.09. The molecule has 0 bridgehead atoms. The van der Waals surface area contributed by atoms with Gasteiger partial charge in [0.1, 0.15) is 5.75 Å². The highest BCUT2D eigenvalue weighted by atomic mass is 35.5. The minimum Gasteiger partial charge on any atom is -0.507 e. The first-order valence-corrected chi connectivity index (χ1v) is 21.2. The SMILES string of the molecule is O=C(CSc1nc2ccccc2n1Cc1ccccc1)N/N=C/c1cccc(Cl)c1.O=C(CSc1nc2ccccc2n1Cc1ccccc1)N/N=C/c1ccccc1O. The fourth-order valence-corrected chi connectivity index (χ4v) is 7.84. The van der Waals surface area contributed by atoms with Crippen molar-refractivity contribution in [2.75, 3.05) is 11.5 Å². The molecule has 3 N–H and O–H groups in total. The van der Waals surface area contributed by atoms with E-state index < -0.39 is 0 Å². The fraction of sp³-hybridized carbons (Fsp3) is 0.0870. The number of aromatic hydroxyl groups is 1. The number of nitrogens with zero attached hydrogens (tertiary/aromatic N) is 6. The average molecular weight is 851 g/mol. The van der Waals surface area contributed by atoms with Gasteiger partial charge in [-0.3, -0.25) is 9.59 Å². The number of hydrogen-bond acceptors (Lipinski definition) is 9. The van der Waals surface area contributed by atoms with E-state index in [2.05, 4.69) is 54.5 Å². The molecule has 60 heavy (non-hydrogen) atoms. The summed E-state index contributed by atoms with van der Waals surface area (Å²) >= 11 is 8.71. The molecule has 0 fully saturated rings. The number of nitrogens with one attached hydrogen (secondary N) is 2. The van der Waals surface area contributed by atoms with Gasteiger partial charge < -0.3 is 14.2 Å². The van der Waals surface area contributed by atoms with Gasteiger partial charge in [-0.25, -0.2) is 20.8 Å². The van der Waals surface area contributed by atoms with Crippen LogP contribution in [0.1, 0.15) is 22.3 Å². The second kappa shape index (κ2) is 20.8. The molecule has 0 saturated carbocycles. The largest absolute Gasteiger partial charge is 0.507 e. The molecule has 0 aliphatic rings. The Labute approximate surface area is 360 Å². The highest BCUT2D eigenvalue weighted by Gasteiger charge is 2.15. The number of thioether (sulfide) groups is 2. The van der Waals surface area contributed by atoms with E-state index in [0.29, 0.717) is 23.7 Å². The average Bonchev–Trinajstić information content (AvgIpc) is 3.80. The van der Waals surface area contributed by atoms with Gasteiger partial charge in [-0.15, -0.1) is 0 Å². The maximum absolute atomic E-state index is 12.2. The molecule has 6 aromatic carbocycles. The summed E-state index contributed by atoms with van der Waals surface area (Å²) < 4.78 is 4.26. The molecule has 0 radical (unpaired) electrons. The number of hydrogen-bond donors (Lipinski definition) is 3. The van der Waals surface area contributed by atoms with Crippen molar-refractivity contribution in [1.29, 1.82) is 0 Å². The molecule has 2 heterocycles. The molecule has 2 aromatic heterocycles. The Hall–Kier alpha value is -6.67. The van der Waals surface area contributed by atoms with Crippen molar-refractivity contribution in [3.8, 4) is 5.75 Å². The van der Waals surface area contributed by atoms with Gasteiger partial charge in [0.25, 0.3) is 11.8 Å². The molecule has 2 amide bonds. The summed E-state index contributed by atoms with van der Waals surface area (Å²) in [5.74, 6) is 0.0578. The van der Waals surface area contributed by atoms with E-state index in [0.717, 1.165) is 37.9 Å². The molecular weight excluding hydrogens is 812 g/mol. The summed E-state index contributed by atoms with van der Waals surface area (Å²) in [5.41, 5.74) is 12.6. The molecule has 11 nitrogen and oxygen atoms in total. The van der Waals surface area contributed by atoms with Gasteiger partial charge >= 0.3 is 0 Å². The van der Waals surface area contributed by atoms with Crippen molar-refractivity contribution < 1.29 is 14.7 Å². The zero-order valence-corrected chi connectivity index (χ0v) is 34.5. The summed E-state index contributed by atoms with van der Waals surface area (Å²) in [5, 5.41) is 19.9. The Morgan fingerprint density at radius 2 is 1.08 bits per heavy atom. The normalized spacial score (nSPS) is 11.2. The third-order valence-corrected chi connectivity index (χ3v) is 11.0. The number of imidazole rings is 2. The molecule has 0 aliphatic heterocycles. The van der Waals surface area contributed by atoms with Gasteiger partial charge in [0, 0.05) is 10.6 Å². The van der Waals surface area contributed by atoms with Crippen LogP contribution >= 0.6 is 35.1 Å². The maximum atomic E-state index is 12.2. The number of hydrazone groups is 2. The van der Waals surface area contributed by atoms with Crippen LogP contribution in [0.5, 0.6) is 5.75 Å². The van der Waals surface area contributed by atoms with E-state index in [9.17, 15) is 14.7 Å². The fourth-order valence-electron chi connectivity index (χ4n) is 6.03. The van der Waals surface area contributed by atoms with Crippen LogP contribution in [0.2, 0.25) is 5.02 Å². The van der Waals surface area contributed by atoms with E-state index in [4.69, 9.17) is 21.6 Å². The van der Waals surface area contributed by atoms with E-state index in [1.165, 1.54) is 40.9 Å².